The van der Waals surface area contributed by atoms with Crippen molar-refractivity contribution in [1.29, 1.82) is 0 Å². The third-order valence-electron chi connectivity index (χ3n) is 3.17. The van der Waals surface area contributed by atoms with Gasteiger partial charge in [-0.15, -0.1) is 0 Å². The molecule has 1 aromatic carbocycles. The first kappa shape index (κ1) is 16.2. The van der Waals surface area contributed by atoms with Gasteiger partial charge < -0.3 is 19.5 Å². The summed E-state index contributed by atoms with van der Waals surface area (Å²) in [6, 6.07) is 8.92. The van der Waals surface area contributed by atoms with E-state index in [9.17, 15) is 9.90 Å². The summed E-state index contributed by atoms with van der Waals surface area (Å²) in [5, 5.41) is 20.9. The Morgan fingerprint density at radius 3 is 2.77 bits per heavy atom. The van der Waals surface area contributed by atoms with Crippen LogP contribution in [0.25, 0.3) is 0 Å². The van der Waals surface area contributed by atoms with E-state index in [0.29, 0.717) is 12.2 Å². The number of nitrogens with zero attached hydrogens (tertiary/aromatic N) is 2. The lowest BCUT2D eigenvalue weighted by atomic mass is 10.1. The topological polar surface area (TPSA) is 96.6 Å². The van der Waals surface area contributed by atoms with E-state index in [0.717, 1.165) is 5.56 Å². The number of benzene rings is 1. The van der Waals surface area contributed by atoms with E-state index in [2.05, 4.69) is 15.0 Å². The van der Waals surface area contributed by atoms with Crippen molar-refractivity contribution in [2.75, 3.05) is 7.11 Å². The summed E-state index contributed by atoms with van der Waals surface area (Å²) in [6.07, 6.45) is 2.28. The SMILES string of the molecule is COC(O)N[C@@H](Cc1cn(Cc2ccccc2)cn1)C(=O)O. The summed E-state index contributed by atoms with van der Waals surface area (Å²) < 4.78 is 6.49. The third kappa shape index (κ3) is 4.66. The standard InChI is InChI=1S/C15H19N3O4/c1-22-15(21)17-13(14(19)20)7-12-9-18(10-16-12)8-11-5-3-2-4-6-11/h2-6,9-10,13,15,17,21H,7-8H2,1H3,(H,19,20)/t13-,15?/m0/s1. The van der Waals surface area contributed by atoms with Crippen LogP contribution in [0.4, 0.5) is 0 Å². The van der Waals surface area contributed by atoms with Gasteiger partial charge in [0.05, 0.1) is 12.0 Å². The molecule has 118 valence electrons. The lowest BCUT2D eigenvalue weighted by Crippen LogP contribution is -2.45. The molecular formula is C15H19N3O4. The monoisotopic (exact) mass is 305 g/mol. The number of methoxy groups -OCH3 is 1. The van der Waals surface area contributed by atoms with Crippen molar-refractivity contribution in [2.24, 2.45) is 0 Å². The maximum absolute atomic E-state index is 11.2. The first-order chi connectivity index (χ1) is 10.6. The Bertz CT molecular complexity index is 600. The normalized spacial score (nSPS) is 13.7. The second kappa shape index (κ2) is 7.69. The number of hydrogen-bond donors (Lipinski definition) is 3. The van der Waals surface area contributed by atoms with Crippen molar-refractivity contribution < 1.29 is 19.7 Å². The van der Waals surface area contributed by atoms with Crippen molar-refractivity contribution in [1.82, 2.24) is 14.9 Å². The second-order valence-corrected chi connectivity index (χ2v) is 4.87. The zero-order valence-corrected chi connectivity index (χ0v) is 12.2. The molecular weight excluding hydrogens is 286 g/mol. The fraction of sp³-hybridized carbons (Fsp3) is 0.333. The summed E-state index contributed by atoms with van der Waals surface area (Å²) >= 11 is 0. The molecule has 0 saturated heterocycles. The highest BCUT2D eigenvalue weighted by Gasteiger charge is 2.21. The quantitative estimate of drug-likeness (QED) is 0.612. The van der Waals surface area contributed by atoms with Crippen LogP contribution in [-0.2, 0) is 22.5 Å². The predicted molar refractivity (Wildman–Crippen MR) is 79.1 cm³/mol. The van der Waals surface area contributed by atoms with Crippen LogP contribution in [0.3, 0.4) is 0 Å². The number of nitrogens with one attached hydrogen (secondary N) is 1. The Balaban J connectivity index is 1.99. The van der Waals surface area contributed by atoms with Gasteiger partial charge in [-0.2, -0.15) is 0 Å². The summed E-state index contributed by atoms with van der Waals surface area (Å²) in [6.45, 7) is 0.666. The molecule has 0 bridgehead atoms. The average Bonchev–Trinajstić information content (AvgIpc) is 2.94. The number of carboxylic acid groups (broad SMARTS) is 1. The molecule has 0 aliphatic rings. The summed E-state index contributed by atoms with van der Waals surface area (Å²) in [5.41, 5.74) is 1.76. The average molecular weight is 305 g/mol. The molecule has 0 aliphatic carbocycles. The summed E-state index contributed by atoms with van der Waals surface area (Å²) in [7, 11) is 1.28. The van der Waals surface area contributed by atoms with E-state index < -0.39 is 18.4 Å². The smallest absolute Gasteiger partial charge is 0.321 e. The Labute approximate surface area is 128 Å². The van der Waals surface area contributed by atoms with E-state index in [1.807, 2.05) is 34.9 Å². The van der Waals surface area contributed by atoms with Gasteiger partial charge in [0.2, 0.25) is 6.41 Å². The lowest BCUT2D eigenvalue weighted by molar-refractivity contribution is -0.147. The first-order valence-electron chi connectivity index (χ1n) is 6.83. The minimum Gasteiger partial charge on any atom is -0.480 e. The molecule has 2 atom stereocenters. The van der Waals surface area contributed by atoms with Gasteiger partial charge >= 0.3 is 5.97 Å². The first-order valence-corrected chi connectivity index (χ1v) is 6.83. The molecule has 1 unspecified atom stereocenters. The Hall–Kier alpha value is -2.22. The number of hydrogen-bond acceptors (Lipinski definition) is 5. The van der Waals surface area contributed by atoms with Gasteiger partial charge in [0.1, 0.15) is 6.04 Å². The molecule has 0 aliphatic heterocycles. The molecule has 0 spiro atoms. The second-order valence-electron chi connectivity index (χ2n) is 4.87. The maximum Gasteiger partial charge on any atom is 0.321 e. The number of aliphatic hydroxyl groups excluding tert-OH is 1. The molecule has 1 heterocycles. The van der Waals surface area contributed by atoms with Crippen LogP contribution in [0, 0.1) is 0 Å². The van der Waals surface area contributed by atoms with Gasteiger partial charge in [0.25, 0.3) is 0 Å². The molecule has 3 N–H and O–H groups in total. The molecule has 2 aromatic rings. The molecule has 22 heavy (non-hydrogen) atoms. The molecule has 7 heteroatoms. The van der Waals surface area contributed by atoms with Gasteiger partial charge in [-0.25, -0.2) is 4.98 Å². The number of ether oxygens (including phenoxy) is 1. The number of aliphatic hydroxyl groups is 1. The van der Waals surface area contributed by atoms with Crippen molar-refractivity contribution in [3.8, 4) is 0 Å². The van der Waals surface area contributed by atoms with E-state index >= 15 is 0 Å². The third-order valence-corrected chi connectivity index (χ3v) is 3.17. The molecule has 0 amide bonds. The highest BCUT2D eigenvalue weighted by molar-refractivity contribution is 5.73. The van der Waals surface area contributed by atoms with Crippen LogP contribution in [0.1, 0.15) is 11.3 Å². The van der Waals surface area contributed by atoms with Crippen molar-refractivity contribution >= 4 is 5.97 Å². The van der Waals surface area contributed by atoms with Crippen molar-refractivity contribution in [2.45, 2.75) is 25.4 Å². The number of carbonyl (C=O) groups is 1. The van der Waals surface area contributed by atoms with Gasteiger partial charge in [-0.05, 0) is 5.56 Å². The highest BCUT2D eigenvalue weighted by atomic mass is 16.6. The summed E-state index contributed by atoms with van der Waals surface area (Å²) in [5.74, 6) is -1.08. The highest BCUT2D eigenvalue weighted by Crippen LogP contribution is 2.06. The lowest BCUT2D eigenvalue weighted by Gasteiger charge is -2.16. The Kier molecular flexibility index (Phi) is 5.65. The Morgan fingerprint density at radius 2 is 2.14 bits per heavy atom. The molecule has 0 saturated carbocycles. The number of aliphatic carboxylic acids is 1. The van der Waals surface area contributed by atoms with E-state index in [1.165, 1.54) is 7.11 Å². The van der Waals surface area contributed by atoms with Crippen molar-refractivity contribution in [3.63, 3.8) is 0 Å². The van der Waals surface area contributed by atoms with Crippen LogP contribution in [0.2, 0.25) is 0 Å². The fourth-order valence-electron chi connectivity index (χ4n) is 2.06. The predicted octanol–water partition coefficient (Wildman–Crippen LogP) is 0.439. The largest absolute Gasteiger partial charge is 0.480 e. The molecule has 1 aromatic heterocycles. The molecule has 2 rings (SSSR count). The summed E-state index contributed by atoms with van der Waals surface area (Å²) in [4.78, 5) is 15.4. The van der Waals surface area contributed by atoms with Crippen LogP contribution in [0.5, 0.6) is 0 Å². The zero-order chi connectivity index (χ0) is 15.9. The minimum absolute atomic E-state index is 0.150. The van der Waals surface area contributed by atoms with Gasteiger partial charge in [0.15, 0.2) is 0 Å². The molecule has 0 radical (unpaired) electrons. The van der Waals surface area contributed by atoms with Crippen LogP contribution < -0.4 is 5.32 Å². The minimum atomic E-state index is -1.33. The Morgan fingerprint density at radius 1 is 1.41 bits per heavy atom. The van der Waals surface area contributed by atoms with Crippen LogP contribution in [-0.4, -0.2) is 45.3 Å². The zero-order valence-electron chi connectivity index (χ0n) is 12.2. The van der Waals surface area contributed by atoms with Gasteiger partial charge in [-0.3, -0.25) is 10.1 Å². The molecule has 0 fully saturated rings. The maximum atomic E-state index is 11.2. The number of imidazole rings is 1. The van der Waals surface area contributed by atoms with Gasteiger partial charge in [-0.1, -0.05) is 30.3 Å². The number of rotatable bonds is 8. The van der Waals surface area contributed by atoms with Crippen LogP contribution in [0.15, 0.2) is 42.9 Å². The number of aromatic nitrogens is 2. The van der Waals surface area contributed by atoms with Gasteiger partial charge in [0, 0.05) is 26.3 Å². The fourth-order valence-corrected chi connectivity index (χ4v) is 2.06. The number of carboxylic acids is 1. The van der Waals surface area contributed by atoms with E-state index in [4.69, 9.17) is 5.11 Å². The van der Waals surface area contributed by atoms with Crippen molar-refractivity contribution in [3.05, 3.63) is 54.1 Å². The van der Waals surface area contributed by atoms with E-state index in [-0.39, 0.29) is 6.42 Å². The molecule has 7 nitrogen and oxygen atoms in total. The van der Waals surface area contributed by atoms with Crippen LogP contribution >= 0.6 is 0 Å². The van der Waals surface area contributed by atoms with E-state index in [1.54, 1.807) is 12.5 Å².